The smallest absolute Gasteiger partial charge is 0.318 e. The van der Waals surface area contributed by atoms with Gasteiger partial charge in [0.25, 0.3) is 0 Å². The second-order valence-corrected chi connectivity index (χ2v) is 5.25. The van der Waals surface area contributed by atoms with E-state index >= 15 is 0 Å². The number of nitrogens with zero attached hydrogens (tertiary/aromatic N) is 1. The first-order valence-electron chi connectivity index (χ1n) is 6.92. The highest BCUT2D eigenvalue weighted by atomic mass is 35.5. The zero-order chi connectivity index (χ0) is 15.8. The average molecular weight is 313 g/mol. The first-order chi connectivity index (χ1) is 10.6. The minimum absolute atomic E-state index is 0.155. The van der Waals surface area contributed by atoms with E-state index < -0.39 is 0 Å². The predicted molar refractivity (Wildman–Crippen MR) is 89.6 cm³/mol. The van der Waals surface area contributed by atoms with Crippen molar-refractivity contribution in [2.75, 3.05) is 13.6 Å². The van der Waals surface area contributed by atoms with Crippen molar-refractivity contribution in [2.45, 2.75) is 6.54 Å². The molecule has 2 aromatic carbocycles. The summed E-state index contributed by atoms with van der Waals surface area (Å²) in [7, 11) is 1.74. The molecular formula is C18H17ClN2O. The highest BCUT2D eigenvalue weighted by molar-refractivity contribution is 6.30. The molecule has 112 valence electrons. The summed E-state index contributed by atoms with van der Waals surface area (Å²) < 4.78 is 0. The fraction of sp³-hybridized carbons (Fsp3) is 0.167. The van der Waals surface area contributed by atoms with Gasteiger partial charge in [-0.05, 0) is 29.8 Å². The SMILES string of the molecule is CN(Cc1ccc(Cl)cc1)C(=O)NCC#Cc1ccccc1. The maximum atomic E-state index is 11.9. The van der Waals surface area contributed by atoms with Crippen molar-refractivity contribution in [1.29, 1.82) is 0 Å². The number of benzene rings is 2. The molecule has 0 aliphatic carbocycles. The fourth-order valence-corrected chi connectivity index (χ4v) is 1.98. The van der Waals surface area contributed by atoms with Gasteiger partial charge in [0.15, 0.2) is 0 Å². The van der Waals surface area contributed by atoms with Gasteiger partial charge in [0, 0.05) is 24.2 Å². The predicted octanol–water partition coefficient (Wildman–Crippen LogP) is 3.53. The van der Waals surface area contributed by atoms with E-state index in [2.05, 4.69) is 17.2 Å². The van der Waals surface area contributed by atoms with E-state index in [4.69, 9.17) is 11.6 Å². The summed E-state index contributed by atoms with van der Waals surface area (Å²) in [6, 6.07) is 17.0. The summed E-state index contributed by atoms with van der Waals surface area (Å²) in [5.74, 6) is 5.93. The van der Waals surface area contributed by atoms with E-state index in [0.717, 1.165) is 11.1 Å². The van der Waals surface area contributed by atoms with Gasteiger partial charge in [-0.2, -0.15) is 0 Å². The summed E-state index contributed by atoms with van der Waals surface area (Å²) in [6.07, 6.45) is 0. The topological polar surface area (TPSA) is 32.3 Å². The summed E-state index contributed by atoms with van der Waals surface area (Å²) in [6.45, 7) is 0.841. The molecular weight excluding hydrogens is 296 g/mol. The van der Waals surface area contributed by atoms with Gasteiger partial charge in [0.1, 0.15) is 0 Å². The Morgan fingerprint density at radius 1 is 1.14 bits per heavy atom. The van der Waals surface area contributed by atoms with Gasteiger partial charge < -0.3 is 10.2 Å². The molecule has 0 atom stereocenters. The zero-order valence-electron chi connectivity index (χ0n) is 12.3. The third-order valence-corrected chi connectivity index (χ3v) is 3.27. The lowest BCUT2D eigenvalue weighted by atomic mass is 10.2. The second-order valence-electron chi connectivity index (χ2n) is 4.81. The normalized spacial score (nSPS) is 9.55. The number of hydrogen-bond acceptors (Lipinski definition) is 1. The van der Waals surface area contributed by atoms with Gasteiger partial charge in [-0.25, -0.2) is 4.79 Å². The summed E-state index contributed by atoms with van der Waals surface area (Å²) in [5, 5.41) is 3.46. The summed E-state index contributed by atoms with van der Waals surface area (Å²) in [4.78, 5) is 13.6. The van der Waals surface area contributed by atoms with Crippen LogP contribution in [-0.4, -0.2) is 24.5 Å². The lowest BCUT2D eigenvalue weighted by molar-refractivity contribution is 0.208. The van der Waals surface area contributed by atoms with Crippen molar-refractivity contribution in [3.63, 3.8) is 0 Å². The molecule has 0 aliphatic heterocycles. The van der Waals surface area contributed by atoms with Crippen LogP contribution in [0.25, 0.3) is 0 Å². The van der Waals surface area contributed by atoms with Crippen LogP contribution in [0.3, 0.4) is 0 Å². The number of hydrogen-bond donors (Lipinski definition) is 1. The largest absolute Gasteiger partial charge is 0.327 e. The molecule has 0 aromatic heterocycles. The lowest BCUT2D eigenvalue weighted by Gasteiger charge is -2.17. The van der Waals surface area contributed by atoms with E-state index in [-0.39, 0.29) is 6.03 Å². The Hall–Kier alpha value is -2.44. The van der Waals surface area contributed by atoms with Crippen molar-refractivity contribution in [3.05, 3.63) is 70.7 Å². The van der Waals surface area contributed by atoms with Crippen LogP contribution >= 0.6 is 11.6 Å². The summed E-state index contributed by atoms with van der Waals surface area (Å²) in [5.41, 5.74) is 1.96. The molecule has 2 rings (SSSR count). The molecule has 0 aliphatic rings. The minimum atomic E-state index is -0.155. The Labute approximate surface area is 135 Å². The van der Waals surface area contributed by atoms with Gasteiger partial charge in [0.2, 0.25) is 0 Å². The number of urea groups is 1. The maximum absolute atomic E-state index is 11.9. The number of amides is 2. The van der Waals surface area contributed by atoms with Crippen LogP contribution in [0.2, 0.25) is 5.02 Å². The Bertz CT molecular complexity index is 672. The molecule has 0 bridgehead atoms. The average Bonchev–Trinajstić information content (AvgIpc) is 2.54. The van der Waals surface area contributed by atoms with Gasteiger partial charge in [-0.15, -0.1) is 0 Å². The summed E-state index contributed by atoms with van der Waals surface area (Å²) >= 11 is 5.84. The van der Waals surface area contributed by atoms with E-state index in [1.807, 2.05) is 54.6 Å². The van der Waals surface area contributed by atoms with Crippen LogP contribution in [0.4, 0.5) is 4.79 Å². The molecule has 0 saturated heterocycles. The highest BCUT2D eigenvalue weighted by Crippen LogP contribution is 2.10. The second kappa shape index (κ2) is 8.11. The Morgan fingerprint density at radius 3 is 2.50 bits per heavy atom. The van der Waals surface area contributed by atoms with Crippen LogP contribution in [0, 0.1) is 11.8 Å². The highest BCUT2D eigenvalue weighted by Gasteiger charge is 2.07. The van der Waals surface area contributed by atoms with Crippen LogP contribution in [0.15, 0.2) is 54.6 Å². The Kier molecular flexibility index (Phi) is 5.88. The number of carbonyl (C=O) groups is 1. The third-order valence-electron chi connectivity index (χ3n) is 3.01. The molecule has 0 radical (unpaired) electrons. The first kappa shape index (κ1) is 15.9. The molecule has 0 spiro atoms. The van der Waals surface area contributed by atoms with Crippen molar-refractivity contribution in [2.24, 2.45) is 0 Å². The van der Waals surface area contributed by atoms with Crippen LogP contribution in [-0.2, 0) is 6.54 Å². The maximum Gasteiger partial charge on any atom is 0.318 e. The van der Waals surface area contributed by atoms with E-state index in [9.17, 15) is 4.79 Å². The van der Waals surface area contributed by atoms with Gasteiger partial charge in [-0.1, -0.05) is 53.8 Å². The molecule has 4 heteroatoms. The molecule has 0 heterocycles. The molecule has 22 heavy (non-hydrogen) atoms. The van der Waals surface area contributed by atoms with Crippen molar-refractivity contribution in [3.8, 4) is 11.8 Å². The van der Waals surface area contributed by atoms with E-state index in [1.54, 1.807) is 11.9 Å². The first-order valence-corrected chi connectivity index (χ1v) is 7.30. The van der Waals surface area contributed by atoms with Crippen LogP contribution in [0.5, 0.6) is 0 Å². The van der Waals surface area contributed by atoms with Crippen molar-refractivity contribution < 1.29 is 4.79 Å². The molecule has 0 fully saturated rings. The monoisotopic (exact) mass is 312 g/mol. The molecule has 3 nitrogen and oxygen atoms in total. The standard InChI is InChI=1S/C18H17ClN2O/c1-21(14-16-9-11-17(19)12-10-16)18(22)20-13-5-8-15-6-3-2-4-7-15/h2-4,6-7,9-12H,13-14H2,1H3,(H,20,22). The molecule has 2 amide bonds. The minimum Gasteiger partial charge on any atom is -0.327 e. The molecule has 0 unspecified atom stereocenters. The number of halogens is 1. The Morgan fingerprint density at radius 2 is 1.82 bits per heavy atom. The van der Waals surface area contributed by atoms with Gasteiger partial charge in [-0.3, -0.25) is 0 Å². The van der Waals surface area contributed by atoms with E-state index in [0.29, 0.717) is 18.1 Å². The quantitative estimate of drug-likeness (QED) is 0.864. The number of rotatable bonds is 3. The van der Waals surface area contributed by atoms with Crippen LogP contribution < -0.4 is 5.32 Å². The number of carbonyl (C=O) groups excluding carboxylic acids is 1. The van der Waals surface area contributed by atoms with Crippen molar-refractivity contribution in [1.82, 2.24) is 10.2 Å². The number of nitrogens with one attached hydrogen (secondary N) is 1. The van der Waals surface area contributed by atoms with Gasteiger partial charge in [0.05, 0.1) is 6.54 Å². The molecule has 0 saturated carbocycles. The molecule has 1 N–H and O–H groups in total. The van der Waals surface area contributed by atoms with E-state index in [1.165, 1.54) is 0 Å². The van der Waals surface area contributed by atoms with Gasteiger partial charge >= 0.3 is 6.03 Å². The molecule has 2 aromatic rings. The third kappa shape index (κ3) is 5.16. The zero-order valence-corrected chi connectivity index (χ0v) is 13.1. The fourth-order valence-electron chi connectivity index (χ4n) is 1.86. The van der Waals surface area contributed by atoms with Crippen LogP contribution in [0.1, 0.15) is 11.1 Å². The Balaban J connectivity index is 1.79. The van der Waals surface area contributed by atoms with Crippen molar-refractivity contribution >= 4 is 17.6 Å². The lowest BCUT2D eigenvalue weighted by Crippen LogP contribution is -2.36.